The summed E-state index contributed by atoms with van der Waals surface area (Å²) in [6.07, 6.45) is 7.65. The van der Waals surface area contributed by atoms with Crippen molar-refractivity contribution in [3.8, 4) is 0 Å². The lowest BCUT2D eigenvalue weighted by atomic mass is 9.94. The third-order valence-electron chi connectivity index (χ3n) is 3.59. The highest BCUT2D eigenvalue weighted by atomic mass is 16.2. The van der Waals surface area contributed by atoms with E-state index in [-0.39, 0.29) is 0 Å². The van der Waals surface area contributed by atoms with Gasteiger partial charge in [0.15, 0.2) is 0 Å². The highest BCUT2D eigenvalue weighted by Crippen LogP contribution is 2.23. The van der Waals surface area contributed by atoms with E-state index in [1.165, 1.54) is 5.56 Å². The van der Waals surface area contributed by atoms with Gasteiger partial charge in [0, 0.05) is 31.9 Å². The normalized spacial score (nSPS) is 17.5. The Bertz CT molecular complexity index is 364. The first-order valence-electron chi connectivity index (χ1n) is 6.49. The number of rotatable bonds is 5. The quantitative estimate of drug-likeness (QED) is 0.781. The van der Waals surface area contributed by atoms with Gasteiger partial charge in [0.05, 0.1) is 0 Å². The Morgan fingerprint density at radius 3 is 2.76 bits per heavy atom. The van der Waals surface area contributed by atoms with Crippen LogP contribution in [-0.4, -0.2) is 28.9 Å². The Balaban J connectivity index is 1.90. The van der Waals surface area contributed by atoms with Crippen LogP contribution < -0.4 is 0 Å². The van der Waals surface area contributed by atoms with E-state index < -0.39 is 0 Å². The van der Waals surface area contributed by atoms with E-state index in [9.17, 15) is 4.79 Å². The Morgan fingerprint density at radius 2 is 2.18 bits per heavy atom. The molecule has 1 fully saturated rings. The molecule has 1 aliphatic rings. The first-order chi connectivity index (χ1) is 8.31. The minimum Gasteiger partial charge on any atom is -0.343 e. The van der Waals surface area contributed by atoms with E-state index >= 15 is 0 Å². The summed E-state index contributed by atoms with van der Waals surface area (Å²) in [6, 6.07) is 4.17. The second kappa shape index (κ2) is 5.80. The highest BCUT2D eigenvalue weighted by molar-refractivity contribution is 5.78. The number of hydrogen-bond donors (Lipinski definition) is 0. The van der Waals surface area contributed by atoms with Gasteiger partial charge in [-0.2, -0.15) is 0 Å². The number of carbonyl (C=O) groups excluding carboxylic acids is 1. The Morgan fingerprint density at radius 1 is 1.41 bits per heavy atom. The molecule has 2 rings (SSSR count). The summed E-state index contributed by atoms with van der Waals surface area (Å²) in [7, 11) is 0. The summed E-state index contributed by atoms with van der Waals surface area (Å²) in [5.41, 5.74) is 1.34. The molecule has 3 nitrogen and oxygen atoms in total. The van der Waals surface area contributed by atoms with Crippen molar-refractivity contribution < 1.29 is 4.79 Å². The zero-order valence-electron chi connectivity index (χ0n) is 10.4. The Labute approximate surface area is 103 Å². The number of hydrogen-bond acceptors (Lipinski definition) is 2. The molecule has 0 radical (unpaired) electrons. The van der Waals surface area contributed by atoms with Gasteiger partial charge in [0.2, 0.25) is 5.91 Å². The molecule has 17 heavy (non-hydrogen) atoms. The first-order valence-corrected chi connectivity index (χ1v) is 6.49. The number of nitrogens with zero attached hydrogens (tertiary/aromatic N) is 2. The smallest absolute Gasteiger partial charge is 0.222 e. The zero-order chi connectivity index (χ0) is 12.1. The molecule has 1 unspecified atom stereocenters. The van der Waals surface area contributed by atoms with Crippen LogP contribution in [0.4, 0.5) is 0 Å². The van der Waals surface area contributed by atoms with Crippen LogP contribution in [0, 0.1) is 0 Å². The van der Waals surface area contributed by atoms with Gasteiger partial charge in [0.25, 0.3) is 0 Å². The monoisotopic (exact) mass is 232 g/mol. The van der Waals surface area contributed by atoms with E-state index in [2.05, 4.69) is 24.0 Å². The average Bonchev–Trinajstić information content (AvgIpc) is 2.77. The molecular formula is C14H20N2O. The molecule has 1 saturated heterocycles. The topological polar surface area (TPSA) is 33.2 Å². The van der Waals surface area contributed by atoms with Crippen molar-refractivity contribution in [3.05, 3.63) is 30.1 Å². The molecule has 1 atom stereocenters. The molecule has 0 saturated carbocycles. The summed E-state index contributed by atoms with van der Waals surface area (Å²) in [4.78, 5) is 17.6. The number of likely N-dealkylation sites (tertiary alicyclic amines) is 1. The van der Waals surface area contributed by atoms with Crippen molar-refractivity contribution in [2.45, 2.75) is 38.5 Å². The maximum absolute atomic E-state index is 11.5. The van der Waals surface area contributed by atoms with E-state index in [0.717, 1.165) is 38.8 Å². The molecule has 1 aliphatic heterocycles. The van der Waals surface area contributed by atoms with Crippen molar-refractivity contribution in [3.63, 3.8) is 0 Å². The minimum atomic E-state index is 0.328. The fourth-order valence-corrected chi connectivity index (χ4v) is 2.49. The van der Waals surface area contributed by atoms with Crippen molar-refractivity contribution in [2.24, 2.45) is 0 Å². The van der Waals surface area contributed by atoms with E-state index in [1.807, 2.05) is 17.3 Å². The van der Waals surface area contributed by atoms with Crippen LogP contribution in [0.3, 0.4) is 0 Å². The molecule has 0 aromatic carbocycles. The van der Waals surface area contributed by atoms with Crippen molar-refractivity contribution >= 4 is 5.91 Å². The molecule has 0 bridgehead atoms. The molecule has 0 aliphatic carbocycles. The van der Waals surface area contributed by atoms with Crippen LogP contribution in [0.25, 0.3) is 0 Å². The van der Waals surface area contributed by atoms with Gasteiger partial charge in [0.1, 0.15) is 0 Å². The van der Waals surface area contributed by atoms with Crippen LogP contribution in [0.5, 0.6) is 0 Å². The molecule has 1 aromatic rings. The maximum Gasteiger partial charge on any atom is 0.222 e. The fourth-order valence-electron chi connectivity index (χ4n) is 2.49. The molecule has 1 amide bonds. The van der Waals surface area contributed by atoms with E-state index in [1.54, 1.807) is 0 Å². The van der Waals surface area contributed by atoms with Gasteiger partial charge in [-0.15, -0.1) is 0 Å². The van der Waals surface area contributed by atoms with Gasteiger partial charge < -0.3 is 4.90 Å². The summed E-state index contributed by atoms with van der Waals surface area (Å²) in [6.45, 7) is 4.06. The standard InChI is InChI=1S/C14H20N2O/c1-2-12(13-5-8-15-9-6-13)7-11-16-10-3-4-14(16)17/h5-6,8-9,12H,2-4,7,10-11H2,1H3. The lowest BCUT2D eigenvalue weighted by Crippen LogP contribution is -2.26. The van der Waals surface area contributed by atoms with Crippen LogP contribution in [0.2, 0.25) is 0 Å². The summed E-state index contributed by atoms with van der Waals surface area (Å²) >= 11 is 0. The first kappa shape index (κ1) is 12.1. The number of aromatic nitrogens is 1. The Hall–Kier alpha value is -1.38. The fraction of sp³-hybridized carbons (Fsp3) is 0.571. The van der Waals surface area contributed by atoms with Gasteiger partial charge in [-0.3, -0.25) is 9.78 Å². The Kier molecular flexibility index (Phi) is 4.13. The number of pyridine rings is 1. The van der Waals surface area contributed by atoms with E-state index in [0.29, 0.717) is 11.8 Å². The molecule has 3 heteroatoms. The van der Waals surface area contributed by atoms with Crippen LogP contribution in [-0.2, 0) is 4.79 Å². The average molecular weight is 232 g/mol. The summed E-state index contributed by atoms with van der Waals surface area (Å²) < 4.78 is 0. The van der Waals surface area contributed by atoms with Crippen LogP contribution in [0.1, 0.15) is 44.1 Å². The predicted molar refractivity (Wildman–Crippen MR) is 67.7 cm³/mol. The maximum atomic E-state index is 11.5. The molecule has 92 valence electrons. The van der Waals surface area contributed by atoms with Gasteiger partial charge in [-0.25, -0.2) is 0 Å². The number of carbonyl (C=O) groups is 1. The summed E-state index contributed by atoms with van der Waals surface area (Å²) in [5, 5.41) is 0. The van der Waals surface area contributed by atoms with Crippen molar-refractivity contribution in [1.29, 1.82) is 0 Å². The van der Waals surface area contributed by atoms with Crippen LogP contribution in [0.15, 0.2) is 24.5 Å². The van der Waals surface area contributed by atoms with Crippen molar-refractivity contribution in [2.75, 3.05) is 13.1 Å². The second-order valence-corrected chi connectivity index (χ2v) is 4.66. The third kappa shape index (κ3) is 3.05. The lowest BCUT2D eigenvalue weighted by Gasteiger charge is -2.20. The SMILES string of the molecule is CCC(CCN1CCCC1=O)c1ccncc1. The number of amides is 1. The zero-order valence-corrected chi connectivity index (χ0v) is 10.4. The molecule has 0 spiro atoms. The molecule has 2 heterocycles. The molecular weight excluding hydrogens is 212 g/mol. The predicted octanol–water partition coefficient (Wildman–Crippen LogP) is 2.59. The third-order valence-corrected chi connectivity index (χ3v) is 3.59. The second-order valence-electron chi connectivity index (χ2n) is 4.66. The molecule has 1 aromatic heterocycles. The van der Waals surface area contributed by atoms with Crippen molar-refractivity contribution in [1.82, 2.24) is 9.88 Å². The van der Waals surface area contributed by atoms with Gasteiger partial charge in [-0.1, -0.05) is 6.92 Å². The van der Waals surface area contributed by atoms with Crippen LogP contribution >= 0.6 is 0 Å². The largest absolute Gasteiger partial charge is 0.343 e. The van der Waals surface area contributed by atoms with E-state index in [4.69, 9.17) is 0 Å². The summed E-state index contributed by atoms with van der Waals surface area (Å²) in [5.74, 6) is 0.876. The lowest BCUT2D eigenvalue weighted by molar-refractivity contribution is -0.127. The van der Waals surface area contributed by atoms with Gasteiger partial charge >= 0.3 is 0 Å². The highest BCUT2D eigenvalue weighted by Gasteiger charge is 2.20. The molecule has 0 N–H and O–H groups in total. The minimum absolute atomic E-state index is 0.328. The van der Waals surface area contributed by atoms with Gasteiger partial charge in [-0.05, 0) is 42.9 Å².